The molecule has 1 fully saturated rings. The summed E-state index contributed by atoms with van der Waals surface area (Å²) in [6.07, 6.45) is 2.56. The SMILES string of the molecule is CC1CC(NCC(C)(C)C#N)C1. The van der Waals surface area contributed by atoms with Crippen LogP contribution in [0.1, 0.15) is 33.6 Å². The van der Waals surface area contributed by atoms with Crippen molar-refractivity contribution in [1.29, 1.82) is 5.26 Å². The summed E-state index contributed by atoms with van der Waals surface area (Å²) in [6, 6.07) is 2.97. The first-order chi connectivity index (χ1) is 5.53. The largest absolute Gasteiger partial charge is 0.312 e. The average Bonchev–Trinajstić information content (AvgIpc) is 1.96. The zero-order valence-electron chi connectivity index (χ0n) is 8.22. The quantitative estimate of drug-likeness (QED) is 0.695. The molecule has 1 aliphatic carbocycles. The summed E-state index contributed by atoms with van der Waals surface area (Å²) in [5.74, 6) is 0.882. The minimum absolute atomic E-state index is 0.209. The van der Waals surface area contributed by atoms with Crippen LogP contribution in [0.3, 0.4) is 0 Å². The standard InChI is InChI=1S/C10H18N2/c1-8-4-9(5-8)12-7-10(2,3)6-11/h8-9,12H,4-5,7H2,1-3H3. The first-order valence-corrected chi connectivity index (χ1v) is 4.68. The predicted octanol–water partition coefficient (Wildman–Crippen LogP) is 1.92. The Labute approximate surface area is 75.0 Å². The summed E-state index contributed by atoms with van der Waals surface area (Å²) in [4.78, 5) is 0. The molecule has 0 aliphatic heterocycles. The molecule has 0 aromatic rings. The van der Waals surface area contributed by atoms with Crippen molar-refractivity contribution in [2.75, 3.05) is 6.54 Å². The number of nitriles is 1. The lowest BCUT2D eigenvalue weighted by Gasteiger charge is -2.35. The van der Waals surface area contributed by atoms with Gasteiger partial charge in [-0.15, -0.1) is 0 Å². The molecule has 1 aliphatic rings. The molecule has 0 atom stereocenters. The zero-order valence-corrected chi connectivity index (χ0v) is 8.22. The van der Waals surface area contributed by atoms with E-state index in [0.29, 0.717) is 6.04 Å². The molecule has 68 valence electrons. The fourth-order valence-electron chi connectivity index (χ4n) is 1.51. The van der Waals surface area contributed by atoms with E-state index in [1.54, 1.807) is 0 Å². The molecular weight excluding hydrogens is 148 g/mol. The van der Waals surface area contributed by atoms with E-state index in [0.717, 1.165) is 12.5 Å². The van der Waals surface area contributed by atoms with E-state index in [2.05, 4.69) is 18.3 Å². The third-order valence-electron chi connectivity index (χ3n) is 2.51. The van der Waals surface area contributed by atoms with Crippen LogP contribution in [0.5, 0.6) is 0 Å². The van der Waals surface area contributed by atoms with Crippen molar-refractivity contribution in [3.63, 3.8) is 0 Å². The van der Waals surface area contributed by atoms with Gasteiger partial charge in [0.05, 0.1) is 11.5 Å². The van der Waals surface area contributed by atoms with Crippen LogP contribution in [-0.4, -0.2) is 12.6 Å². The summed E-state index contributed by atoms with van der Waals surface area (Å²) in [7, 11) is 0. The number of hydrogen-bond acceptors (Lipinski definition) is 2. The Morgan fingerprint density at radius 2 is 2.08 bits per heavy atom. The number of hydrogen-bond donors (Lipinski definition) is 1. The highest BCUT2D eigenvalue weighted by atomic mass is 14.9. The number of nitrogens with one attached hydrogen (secondary N) is 1. The van der Waals surface area contributed by atoms with Crippen molar-refractivity contribution in [3.8, 4) is 6.07 Å². The Morgan fingerprint density at radius 3 is 2.50 bits per heavy atom. The van der Waals surface area contributed by atoms with E-state index in [1.807, 2.05) is 13.8 Å². The fourth-order valence-corrected chi connectivity index (χ4v) is 1.51. The van der Waals surface area contributed by atoms with Crippen LogP contribution >= 0.6 is 0 Å². The van der Waals surface area contributed by atoms with E-state index < -0.39 is 0 Å². The molecule has 0 amide bonds. The molecule has 0 spiro atoms. The van der Waals surface area contributed by atoms with Crippen molar-refractivity contribution < 1.29 is 0 Å². The average molecular weight is 166 g/mol. The minimum Gasteiger partial charge on any atom is -0.312 e. The van der Waals surface area contributed by atoms with Crippen LogP contribution in [-0.2, 0) is 0 Å². The summed E-state index contributed by atoms with van der Waals surface area (Å²) < 4.78 is 0. The van der Waals surface area contributed by atoms with E-state index in [9.17, 15) is 0 Å². The highest BCUT2D eigenvalue weighted by molar-refractivity contribution is 4.95. The number of rotatable bonds is 3. The lowest BCUT2D eigenvalue weighted by molar-refractivity contribution is 0.226. The Balaban J connectivity index is 2.15. The van der Waals surface area contributed by atoms with Crippen LogP contribution in [0, 0.1) is 22.7 Å². The van der Waals surface area contributed by atoms with Gasteiger partial charge in [-0.3, -0.25) is 0 Å². The van der Waals surface area contributed by atoms with E-state index in [-0.39, 0.29) is 5.41 Å². The van der Waals surface area contributed by atoms with Crippen LogP contribution in [0.25, 0.3) is 0 Å². The predicted molar refractivity (Wildman–Crippen MR) is 49.6 cm³/mol. The molecule has 12 heavy (non-hydrogen) atoms. The first kappa shape index (κ1) is 9.54. The maximum atomic E-state index is 8.76. The molecule has 0 saturated heterocycles. The van der Waals surface area contributed by atoms with E-state index >= 15 is 0 Å². The molecule has 0 heterocycles. The van der Waals surface area contributed by atoms with Crippen LogP contribution in [0.2, 0.25) is 0 Å². The molecule has 2 heteroatoms. The van der Waals surface area contributed by atoms with Gasteiger partial charge in [0.25, 0.3) is 0 Å². The van der Waals surface area contributed by atoms with Crippen molar-refractivity contribution in [3.05, 3.63) is 0 Å². The van der Waals surface area contributed by atoms with Gasteiger partial charge < -0.3 is 5.32 Å². The van der Waals surface area contributed by atoms with Crippen molar-refractivity contribution in [2.24, 2.45) is 11.3 Å². The Bertz CT molecular complexity index is 185. The fraction of sp³-hybridized carbons (Fsp3) is 0.900. The highest BCUT2D eigenvalue weighted by Crippen LogP contribution is 2.26. The molecule has 0 radical (unpaired) electrons. The van der Waals surface area contributed by atoms with Crippen LogP contribution < -0.4 is 5.32 Å². The van der Waals surface area contributed by atoms with E-state index in [1.165, 1.54) is 12.8 Å². The molecule has 0 aromatic carbocycles. The second kappa shape index (κ2) is 3.45. The zero-order chi connectivity index (χ0) is 9.19. The number of nitrogens with zero attached hydrogens (tertiary/aromatic N) is 1. The molecule has 1 N–H and O–H groups in total. The monoisotopic (exact) mass is 166 g/mol. The lowest BCUT2D eigenvalue weighted by Crippen LogP contribution is -2.43. The summed E-state index contributed by atoms with van der Waals surface area (Å²) in [5, 5.41) is 12.2. The van der Waals surface area contributed by atoms with Crippen LogP contribution in [0.15, 0.2) is 0 Å². The van der Waals surface area contributed by atoms with Crippen molar-refractivity contribution in [2.45, 2.75) is 39.7 Å². The third-order valence-corrected chi connectivity index (χ3v) is 2.51. The summed E-state index contributed by atoms with van der Waals surface area (Å²) >= 11 is 0. The Morgan fingerprint density at radius 1 is 1.50 bits per heavy atom. The van der Waals surface area contributed by atoms with Gasteiger partial charge >= 0.3 is 0 Å². The second-order valence-corrected chi connectivity index (χ2v) is 4.65. The topological polar surface area (TPSA) is 35.8 Å². The summed E-state index contributed by atoms with van der Waals surface area (Å²) in [5.41, 5.74) is -0.209. The smallest absolute Gasteiger partial charge is 0.0697 e. The Kier molecular flexibility index (Phi) is 2.74. The van der Waals surface area contributed by atoms with Gasteiger partial charge in [0.1, 0.15) is 0 Å². The normalized spacial score (nSPS) is 29.2. The molecule has 2 nitrogen and oxygen atoms in total. The maximum absolute atomic E-state index is 8.76. The highest BCUT2D eigenvalue weighted by Gasteiger charge is 2.27. The molecule has 0 aromatic heterocycles. The van der Waals surface area contributed by atoms with Gasteiger partial charge in [-0.25, -0.2) is 0 Å². The lowest BCUT2D eigenvalue weighted by atomic mass is 9.81. The Hall–Kier alpha value is -0.550. The maximum Gasteiger partial charge on any atom is 0.0697 e. The van der Waals surface area contributed by atoms with Gasteiger partial charge in [0.15, 0.2) is 0 Å². The molecule has 1 saturated carbocycles. The molecule has 0 bridgehead atoms. The molecule has 1 rings (SSSR count). The van der Waals surface area contributed by atoms with Gasteiger partial charge in [0, 0.05) is 12.6 Å². The summed E-state index contributed by atoms with van der Waals surface area (Å²) in [6.45, 7) is 7.04. The first-order valence-electron chi connectivity index (χ1n) is 4.68. The minimum atomic E-state index is -0.209. The van der Waals surface area contributed by atoms with Gasteiger partial charge in [-0.05, 0) is 32.6 Å². The van der Waals surface area contributed by atoms with Gasteiger partial charge in [-0.1, -0.05) is 6.92 Å². The second-order valence-electron chi connectivity index (χ2n) is 4.65. The van der Waals surface area contributed by atoms with Crippen molar-refractivity contribution in [1.82, 2.24) is 5.32 Å². The van der Waals surface area contributed by atoms with Gasteiger partial charge in [-0.2, -0.15) is 5.26 Å². The van der Waals surface area contributed by atoms with Crippen LogP contribution in [0.4, 0.5) is 0 Å². The third kappa shape index (κ3) is 2.49. The van der Waals surface area contributed by atoms with E-state index in [4.69, 9.17) is 5.26 Å². The molecule has 0 unspecified atom stereocenters. The van der Waals surface area contributed by atoms with Gasteiger partial charge in [0.2, 0.25) is 0 Å². The molecular formula is C10H18N2. The van der Waals surface area contributed by atoms with Crippen molar-refractivity contribution >= 4 is 0 Å².